The smallest absolute Gasteiger partial charge is 0.387 e. The van der Waals surface area contributed by atoms with Crippen LogP contribution in [0.1, 0.15) is 11.1 Å². The number of benzene rings is 2. The van der Waals surface area contributed by atoms with E-state index in [1.165, 1.54) is 30.3 Å². The van der Waals surface area contributed by atoms with Gasteiger partial charge in [0.25, 0.3) is 5.91 Å². The average Bonchev–Trinajstić information content (AvgIpc) is 2.65. The molecule has 0 atom stereocenters. The molecule has 0 aliphatic heterocycles. The lowest BCUT2D eigenvalue weighted by atomic mass is 10.2. The Balaban J connectivity index is 1.72. The number of esters is 1. The molecule has 8 heteroatoms. The Morgan fingerprint density at radius 3 is 2.37 bits per heavy atom. The minimum Gasteiger partial charge on any atom is -0.452 e. The standard InChI is InChI=1S/C19H16ClF2NO4/c20-15-6-1-14(2-7-15)11-23-17(24)12-26-18(25)10-5-13-3-8-16(9-4-13)27-19(21)22/h1-10,19H,11-12H2,(H,23,24). The minimum atomic E-state index is -2.90. The molecule has 0 heterocycles. The fourth-order valence-corrected chi connectivity index (χ4v) is 2.09. The van der Waals surface area contributed by atoms with E-state index in [0.29, 0.717) is 10.6 Å². The highest BCUT2D eigenvalue weighted by atomic mass is 35.5. The van der Waals surface area contributed by atoms with E-state index in [9.17, 15) is 18.4 Å². The molecule has 2 aromatic carbocycles. The molecule has 27 heavy (non-hydrogen) atoms. The van der Waals surface area contributed by atoms with Crippen LogP contribution in [0.2, 0.25) is 5.02 Å². The van der Waals surface area contributed by atoms with Crippen LogP contribution < -0.4 is 10.1 Å². The Morgan fingerprint density at radius 1 is 1.07 bits per heavy atom. The second-order valence-electron chi connectivity index (χ2n) is 5.29. The molecule has 0 saturated carbocycles. The van der Waals surface area contributed by atoms with Gasteiger partial charge in [-0.2, -0.15) is 8.78 Å². The summed E-state index contributed by atoms with van der Waals surface area (Å²) in [4.78, 5) is 23.3. The molecule has 0 radical (unpaired) electrons. The maximum atomic E-state index is 12.1. The third-order valence-electron chi connectivity index (χ3n) is 3.27. The normalized spacial score (nSPS) is 10.8. The molecule has 0 fully saturated rings. The van der Waals surface area contributed by atoms with Crippen molar-refractivity contribution in [2.75, 3.05) is 6.61 Å². The van der Waals surface area contributed by atoms with Crippen LogP contribution in [-0.2, 0) is 20.9 Å². The van der Waals surface area contributed by atoms with E-state index in [4.69, 9.17) is 16.3 Å². The molecule has 0 aliphatic rings. The van der Waals surface area contributed by atoms with Crippen molar-refractivity contribution < 1.29 is 27.8 Å². The Morgan fingerprint density at radius 2 is 1.74 bits per heavy atom. The Labute approximate surface area is 159 Å². The zero-order chi connectivity index (χ0) is 19.6. The number of rotatable bonds is 8. The van der Waals surface area contributed by atoms with Crippen LogP contribution in [0, 0.1) is 0 Å². The van der Waals surface area contributed by atoms with E-state index >= 15 is 0 Å². The number of halogens is 3. The predicted molar refractivity (Wildman–Crippen MR) is 96.4 cm³/mol. The predicted octanol–water partition coefficient (Wildman–Crippen LogP) is 3.81. The molecule has 0 bridgehead atoms. The topological polar surface area (TPSA) is 64.6 Å². The van der Waals surface area contributed by atoms with Crippen LogP contribution in [-0.4, -0.2) is 25.1 Å². The molecule has 5 nitrogen and oxygen atoms in total. The number of hydrogen-bond acceptors (Lipinski definition) is 4. The number of carbonyl (C=O) groups is 2. The molecule has 0 aliphatic carbocycles. The van der Waals surface area contributed by atoms with Gasteiger partial charge in [0, 0.05) is 17.6 Å². The molecule has 1 N–H and O–H groups in total. The SMILES string of the molecule is O=C(COC(=O)C=Cc1ccc(OC(F)F)cc1)NCc1ccc(Cl)cc1. The Kier molecular flexibility index (Phi) is 7.76. The number of alkyl halides is 2. The first-order chi connectivity index (χ1) is 12.9. The van der Waals surface area contributed by atoms with Gasteiger partial charge in [0.2, 0.25) is 0 Å². The van der Waals surface area contributed by atoms with Gasteiger partial charge in [0.1, 0.15) is 5.75 Å². The van der Waals surface area contributed by atoms with Crippen LogP contribution in [0.4, 0.5) is 8.78 Å². The summed E-state index contributed by atoms with van der Waals surface area (Å²) in [7, 11) is 0. The lowest BCUT2D eigenvalue weighted by Crippen LogP contribution is -2.28. The Bertz CT molecular complexity index is 792. The minimum absolute atomic E-state index is 0.0158. The van der Waals surface area contributed by atoms with Gasteiger partial charge >= 0.3 is 12.6 Å². The molecular formula is C19H16ClF2NO4. The number of hydrogen-bond donors (Lipinski definition) is 1. The maximum Gasteiger partial charge on any atom is 0.387 e. The Hall–Kier alpha value is -2.93. The van der Waals surface area contributed by atoms with Crippen molar-refractivity contribution in [2.24, 2.45) is 0 Å². The van der Waals surface area contributed by atoms with Crippen molar-refractivity contribution in [1.82, 2.24) is 5.32 Å². The third-order valence-corrected chi connectivity index (χ3v) is 3.52. The first-order valence-electron chi connectivity index (χ1n) is 7.83. The van der Waals surface area contributed by atoms with Gasteiger partial charge in [-0.25, -0.2) is 4.79 Å². The molecule has 0 unspecified atom stereocenters. The molecule has 2 rings (SSSR count). The molecule has 142 valence electrons. The highest BCUT2D eigenvalue weighted by Crippen LogP contribution is 2.15. The number of carbonyl (C=O) groups excluding carboxylic acids is 2. The first-order valence-corrected chi connectivity index (χ1v) is 8.21. The third kappa shape index (κ3) is 7.87. The summed E-state index contributed by atoms with van der Waals surface area (Å²) in [5.74, 6) is -1.13. The molecule has 0 saturated heterocycles. The van der Waals surface area contributed by atoms with Gasteiger partial charge in [-0.3, -0.25) is 4.79 Å². The second kappa shape index (κ2) is 10.3. The maximum absolute atomic E-state index is 12.1. The fourth-order valence-electron chi connectivity index (χ4n) is 1.96. The highest BCUT2D eigenvalue weighted by molar-refractivity contribution is 6.30. The van der Waals surface area contributed by atoms with Crippen LogP contribution in [0.25, 0.3) is 6.08 Å². The van der Waals surface area contributed by atoms with Crippen molar-refractivity contribution in [2.45, 2.75) is 13.2 Å². The quantitative estimate of drug-likeness (QED) is 0.545. The summed E-state index contributed by atoms with van der Waals surface area (Å²) >= 11 is 5.77. The van der Waals surface area contributed by atoms with Crippen LogP contribution in [0.3, 0.4) is 0 Å². The highest BCUT2D eigenvalue weighted by Gasteiger charge is 2.06. The van der Waals surface area contributed by atoms with Crippen LogP contribution >= 0.6 is 11.6 Å². The van der Waals surface area contributed by atoms with Crippen LogP contribution in [0.5, 0.6) is 5.75 Å². The van der Waals surface area contributed by atoms with Crippen molar-refractivity contribution in [3.63, 3.8) is 0 Å². The average molecular weight is 396 g/mol. The monoisotopic (exact) mass is 395 g/mol. The summed E-state index contributed by atoms with van der Waals surface area (Å²) in [5.41, 5.74) is 1.44. The summed E-state index contributed by atoms with van der Waals surface area (Å²) < 4.78 is 33.2. The van der Waals surface area contributed by atoms with E-state index in [0.717, 1.165) is 11.6 Å². The van der Waals surface area contributed by atoms with Crippen LogP contribution in [0.15, 0.2) is 54.6 Å². The lowest BCUT2D eigenvalue weighted by Gasteiger charge is -2.06. The lowest BCUT2D eigenvalue weighted by molar-refractivity contribution is -0.143. The van der Waals surface area contributed by atoms with Crippen molar-refractivity contribution >= 4 is 29.6 Å². The van der Waals surface area contributed by atoms with E-state index in [1.807, 2.05) is 0 Å². The van der Waals surface area contributed by atoms with Gasteiger partial charge in [-0.05, 0) is 41.5 Å². The van der Waals surface area contributed by atoms with Gasteiger partial charge in [0.05, 0.1) is 0 Å². The van der Waals surface area contributed by atoms with Crippen molar-refractivity contribution in [3.05, 3.63) is 70.8 Å². The number of nitrogens with one attached hydrogen (secondary N) is 1. The summed E-state index contributed by atoms with van der Waals surface area (Å²) in [5, 5.41) is 3.21. The molecule has 2 aromatic rings. The van der Waals surface area contributed by atoms with E-state index in [1.54, 1.807) is 24.3 Å². The van der Waals surface area contributed by atoms with Gasteiger partial charge in [0.15, 0.2) is 6.61 Å². The first kappa shape index (κ1) is 20.4. The molecule has 0 spiro atoms. The van der Waals surface area contributed by atoms with E-state index < -0.39 is 25.1 Å². The second-order valence-corrected chi connectivity index (χ2v) is 5.73. The summed E-state index contributed by atoms with van der Waals surface area (Å²) in [6, 6.07) is 12.7. The zero-order valence-electron chi connectivity index (χ0n) is 14.0. The fraction of sp³-hybridized carbons (Fsp3) is 0.158. The molecule has 1 amide bonds. The summed E-state index contributed by atoms with van der Waals surface area (Å²) in [6.45, 7) is -3.03. The van der Waals surface area contributed by atoms with Crippen molar-refractivity contribution in [1.29, 1.82) is 0 Å². The van der Waals surface area contributed by atoms with E-state index in [2.05, 4.69) is 10.1 Å². The number of ether oxygens (including phenoxy) is 2. The number of amides is 1. The molecular weight excluding hydrogens is 380 g/mol. The van der Waals surface area contributed by atoms with Crippen molar-refractivity contribution in [3.8, 4) is 5.75 Å². The largest absolute Gasteiger partial charge is 0.452 e. The van der Waals surface area contributed by atoms with E-state index in [-0.39, 0.29) is 12.3 Å². The molecule has 0 aromatic heterocycles. The van der Waals surface area contributed by atoms with Gasteiger partial charge < -0.3 is 14.8 Å². The van der Waals surface area contributed by atoms with Gasteiger partial charge in [-0.15, -0.1) is 0 Å². The van der Waals surface area contributed by atoms with Gasteiger partial charge in [-0.1, -0.05) is 35.9 Å². The summed E-state index contributed by atoms with van der Waals surface area (Å²) in [6.07, 6.45) is 2.57. The zero-order valence-corrected chi connectivity index (χ0v) is 14.8.